The lowest BCUT2D eigenvalue weighted by molar-refractivity contribution is 0.0950. The van der Waals surface area contributed by atoms with Crippen molar-refractivity contribution < 1.29 is 17.9 Å². The number of anilines is 2. The van der Waals surface area contributed by atoms with Crippen molar-refractivity contribution in [2.75, 3.05) is 12.4 Å². The van der Waals surface area contributed by atoms with Gasteiger partial charge in [-0.15, -0.1) is 0 Å². The third kappa shape index (κ3) is 6.28. The van der Waals surface area contributed by atoms with Crippen LogP contribution in [0.3, 0.4) is 0 Å². The van der Waals surface area contributed by atoms with Gasteiger partial charge in [-0.05, 0) is 49.7 Å². The highest BCUT2D eigenvalue weighted by Gasteiger charge is 2.15. The van der Waals surface area contributed by atoms with Crippen molar-refractivity contribution in [2.24, 2.45) is 5.14 Å². The van der Waals surface area contributed by atoms with Gasteiger partial charge in [0.2, 0.25) is 16.0 Å². The van der Waals surface area contributed by atoms with E-state index in [2.05, 4.69) is 25.7 Å². The summed E-state index contributed by atoms with van der Waals surface area (Å²) < 4.78 is 30.1. The lowest BCUT2D eigenvalue weighted by atomic mass is 10.1. The minimum atomic E-state index is -3.78. The van der Waals surface area contributed by atoms with Crippen molar-refractivity contribution in [3.8, 4) is 17.0 Å². The van der Waals surface area contributed by atoms with Crippen LogP contribution >= 0.6 is 11.6 Å². The summed E-state index contributed by atoms with van der Waals surface area (Å²) in [7, 11) is -2.29. The minimum absolute atomic E-state index is 0.00261. The standard InChI is InChI=1S/C25H26ClN7O4S/c1-15(2)33-14-18(12-30-33)23-20(26)13-29-25(32-23)31-21-9-6-17(10-22(21)37-3)24(34)28-11-16-4-7-19(8-5-16)38(27,35)36/h4-10,12-15H,11H2,1-3H3,(H,28,34)(H2,27,35,36)(H,29,31,32). The number of sulfonamides is 1. The third-order valence-corrected chi connectivity index (χ3v) is 6.77. The number of amides is 1. The molecule has 0 unspecified atom stereocenters. The molecule has 4 rings (SSSR count). The number of nitrogens with zero attached hydrogens (tertiary/aromatic N) is 4. The summed E-state index contributed by atoms with van der Waals surface area (Å²) in [4.78, 5) is 21.5. The molecule has 4 N–H and O–H groups in total. The lowest BCUT2D eigenvalue weighted by Gasteiger charge is -2.13. The normalized spacial score (nSPS) is 11.4. The van der Waals surface area contributed by atoms with Gasteiger partial charge in [0, 0.05) is 29.9 Å². The predicted octanol–water partition coefficient (Wildman–Crippen LogP) is 3.90. The lowest BCUT2D eigenvalue weighted by Crippen LogP contribution is -2.23. The van der Waals surface area contributed by atoms with Gasteiger partial charge in [-0.1, -0.05) is 23.7 Å². The van der Waals surface area contributed by atoms with E-state index in [9.17, 15) is 13.2 Å². The second-order valence-corrected chi connectivity index (χ2v) is 10.6. The van der Waals surface area contributed by atoms with E-state index >= 15 is 0 Å². The van der Waals surface area contributed by atoms with Gasteiger partial charge < -0.3 is 15.4 Å². The van der Waals surface area contributed by atoms with E-state index in [4.69, 9.17) is 21.5 Å². The van der Waals surface area contributed by atoms with Gasteiger partial charge >= 0.3 is 0 Å². The van der Waals surface area contributed by atoms with Gasteiger partial charge in [0.1, 0.15) is 5.75 Å². The first kappa shape index (κ1) is 27.0. The molecule has 2 aromatic carbocycles. The Morgan fingerprint density at radius 3 is 2.53 bits per heavy atom. The summed E-state index contributed by atoms with van der Waals surface area (Å²) in [6, 6.07) is 11.0. The van der Waals surface area contributed by atoms with Gasteiger partial charge in [-0.3, -0.25) is 9.48 Å². The molecule has 0 saturated heterocycles. The first-order valence-corrected chi connectivity index (χ1v) is 13.4. The number of ether oxygens (including phenoxy) is 1. The monoisotopic (exact) mass is 555 g/mol. The molecule has 0 aliphatic heterocycles. The smallest absolute Gasteiger partial charge is 0.251 e. The molecular formula is C25H26ClN7O4S. The van der Waals surface area contributed by atoms with Gasteiger partial charge in [-0.25, -0.2) is 23.5 Å². The van der Waals surface area contributed by atoms with Crippen LogP contribution in [0.4, 0.5) is 11.6 Å². The molecule has 0 bridgehead atoms. The molecule has 2 heterocycles. The zero-order chi connectivity index (χ0) is 27.4. The zero-order valence-corrected chi connectivity index (χ0v) is 22.4. The van der Waals surface area contributed by atoms with Crippen molar-refractivity contribution in [1.29, 1.82) is 0 Å². The number of nitrogens with two attached hydrogens (primary N) is 1. The summed E-state index contributed by atoms with van der Waals surface area (Å²) >= 11 is 6.35. The number of halogens is 1. The average molecular weight is 556 g/mol. The summed E-state index contributed by atoms with van der Waals surface area (Å²) in [6.45, 7) is 4.24. The van der Waals surface area contributed by atoms with Crippen molar-refractivity contribution in [3.05, 3.63) is 77.2 Å². The number of primary sulfonamides is 1. The molecule has 0 atom stereocenters. The third-order valence-electron chi connectivity index (χ3n) is 5.56. The maximum atomic E-state index is 12.7. The Morgan fingerprint density at radius 1 is 1.16 bits per heavy atom. The van der Waals surface area contributed by atoms with E-state index in [-0.39, 0.29) is 23.4 Å². The molecule has 4 aromatic rings. The molecule has 0 spiro atoms. The molecule has 198 valence electrons. The Morgan fingerprint density at radius 2 is 1.89 bits per heavy atom. The van der Waals surface area contributed by atoms with Gasteiger partial charge in [0.25, 0.3) is 5.91 Å². The van der Waals surface area contributed by atoms with E-state index in [0.717, 1.165) is 5.56 Å². The quantitative estimate of drug-likeness (QED) is 0.281. The Hall–Kier alpha value is -4.00. The summed E-state index contributed by atoms with van der Waals surface area (Å²) in [5.41, 5.74) is 2.92. The van der Waals surface area contributed by atoms with Crippen LogP contribution in [-0.4, -0.2) is 41.2 Å². The Balaban J connectivity index is 1.47. The number of carbonyl (C=O) groups is 1. The van der Waals surface area contributed by atoms with Crippen LogP contribution in [0.25, 0.3) is 11.3 Å². The fourth-order valence-electron chi connectivity index (χ4n) is 3.51. The maximum Gasteiger partial charge on any atom is 0.251 e. The maximum absolute atomic E-state index is 12.7. The van der Waals surface area contributed by atoms with Crippen LogP contribution in [-0.2, 0) is 16.6 Å². The van der Waals surface area contributed by atoms with Crippen molar-refractivity contribution in [2.45, 2.75) is 31.3 Å². The largest absolute Gasteiger partial charge is 0.495 e. The number of hydrogen-bond acceptors (Lipinski definition) is 8. The van der Waals surface area contributed by atoms with Crippen molar-refractivity contribution in [1.82, 2.24) is 25.1 Å². The number of hydrogen-bond donors (Lipinski definition) is 3. The van der Waals surface area contributed by atoms with Gasteiger partial charge in [0.05, 0.1) is 40.8 Å². The second kappa shape index (κ2) is 11.2. The van der Waals surface area contributed by atoms with E-state index < -0.39 is 10.0 Å². The van der Waals surface area contributed by atoms with E-state index in [1.54, 1.807) is 36.5 Å². The summed E-state index contributed by atoms with van der Waals surface area (Å²) in [6.07, 6.45) is 5.06. The molecule has 11 nitrogen and oxygen atoms in total. The predicted molar refractivity (Wildman–Crippen MR) is 144 cm³/mol. The Kier molecular flexibility index (Phi) is 7.95. The van der Waals surface area contributed by atoms with Crippen LogP contribution in [0.15, 0.2) is 66.0 Å². The van der Waals surface area contributed by atoms with Gasteiger partial charge in [0.15, 0.2) is 0 Å². The fourth-order valence-corrected chi connectivity index (χ4v) is 4.23. The first-order valence-electron chi connectivity index (χ1n) is 11.5. The SMILES string of the molecule is COc1cc(C(=O)NCc2ccc(S(N)(=O)=O)cc2)ccc1Nc1ncc(Cl)c(-c2cnn(C(C)C)c2)n1. The average Bonchev–Trinajstić information content (AvgIpc) is 3.39. The molecule has 13 heteroatoms. The molecule has 1 amide bonds. The number of aromatic nitrogens is 4. The molecular weight excluding hydrogens is 530 g/mol. The van der Waals surface area contributed by atoms with Crippen molar-refractivity contribution in [3.63, 3.8) is 0 Å². The molecule has 0 radical (unpaired) electrons. The molecule has 0 saturated carbocycles. The summed E-state index contributed by atoms with van der Waals surface area (Å²) in [5, 5.41) is 15.7. The molecule has 38 heavy (non-hydrogen) atoms. The number of nitrogens with one attached hydrogen (secondary N) is 2. The van der Waals surface area contributed by atoms with Crippen LogP contribution in [0, 0.1) is 0 Å². The minimum Gasteiger partial charge on any atom is -0.495 e. The molecule has 0 fully saturated rings. The molecule has 0 aliphatic rings. The first-order chi connectivity index (χ1) is 18.0. The van der Waals surface area contributed by atoms with Crippen LogP contribution in [0.2, 0.25) is 5.02 Å². The number of rotatable bonds is 9. The van der Waals surface area contributed by atoms with E-state index in [1.807, 2.05) is 24.7 Å². The fraction of sp³-hybridized carbons (Fsp3) is 0.200. The number of carbonyl (C=O) groups excluding carboxylic acids is 1. The number of methoxy groups -OCH3 is 1. The highest BCUT2D eigenvalue weighted by molar-refractivity contribution is 7.89. The molecule has 2 aromatic heterocycles. The molecule has 0 aliphatic carbocycles. The second-order valence-electron chi connectivity index (χ2n) is 8.60. The highest BCUT2D eigenvalue weighted by Crippen LogP contribution is 2.31. The summed E-state index contributed by atoms with van der Waals surface area (Å²) in [5.74, 6) is 0.362. The van der Waals surface area contributed by atoms with Crippen LogP contribution in [0.1, 0.15) is 35.8 Å². The van der Waals surface area contributed by atoms with E-state index in [0.29, 0.717) is 39.2 Å². The van der Waals surface area contributed by atoms with Crippen LogP contribution in [0.5, 0.6) is 5.75 Å². The topological polar surface area (TPSA) is 154 Å². The van der Waals surface area contributed by atoms with Gasteiger partial charge in [-0.2, -0.15) is 5.10 Å². The Labute approximate surface area is 225 Å². The Bertz CT molecular complexity index is 1570. The number of benzene rings is 2. The van der Waals surface area contributed by atoms with Crippen molar-refractivity contribution >= 4 is 39.2 Å². The highest BCUT2D eigenvalue weighted by atomic mass is 35.5. The van der Waals surface area contributed by atoms with E-state index in [1.165, 1.54) is 25.4 Å². The zero-order valence-electron chi connectivity index (χ0n) is 20.8. The van der Waals surface area contributed by atoms with Crippen LogP contribution < -0.4 is 20.5 Å².